The second-order valence-corrected chi connectivity index (χ2v) is 8.38. The first-order chi connectivity index (χ1) is 16.7. The molecule has 0 saturated carbocycles. The third-order valence-electron chi connectivity index (χ3n) is 5.85. The molecule has 1 heterocycles. The van der Waals surface area contributed by atoms with Crippen LogP contribution in [0, 0.1) is 0 Å². The largest absolute Gasteiger partial charge is 0.492 e. The Kier molecular flexibility index (Phi) is 7.81. The van der Waals surface area contributed by atoms with Crippen LogP contribution in [0.5, 0.6) is 5.75 Å². The average Bonchev–Trinajstić information content (AvgIpc) is 3.24. The molecule has 1 N–H and O–H groups in total. The maximum absolute atomic E-state index is 13.1. The lowest BCUT2D eigenvalue weighted by molar-refractivity contribution is 0.102. The van der Waals surface area contributed by atoms with Crippen LogP contribution >= 0.6 is 0 Å². The summed E-state index contributed by atoms with van der Waals surface area (Å²) in [6, 6.07) is 25.4. The van der Waals surface area contributed by atoms with Crippen LogP contribution in [0.15, 0.2) is 78.9 Å². The highest BCUT2D eigenvalue weighted by atomic mass is 16.5. The van der Waals surface area contributed by atoms with Crippen LogP contribution in [0.1, 0.15) is 36.7 Å². The summed E-state index contributed by atoms with van der Waals surface area (Å²) >= 11 is 0. The molecule has 6 heteroatoms. The number of aromatic nitrogens is 2. The van der Waals surface area contributed by atoms with E-state index in [0.29, 0.717) is 18.8 Å². The number of carbonyl (C=O) groups is 1. The predicted octanol–water partition coefficient (Wildman–Crippen LogP) is 5.99. The Morgan fingerprint density at radius 2 is 1.71 bits per heavy atom. The maximum Gasteiger partial charge on any atom is 0.276 e. The van der Waals surface area contributed by atoms with E-state index in [1.807, 2.05) is 83.5 Å². The molecule has 0 saturated heterocycles. The number of hydrogen-bond donors (Lipinski definition) is 1. The first kappa shape index (κ1) is 23.4. The van der Waals surface area contributed by atoms with Crippen molar-refractivity contribution in [3.8, 4) is 5.75 Å². The summed E-state index contributed by atoms with van der Waals surface area (Å²) in [5.41, 5.74) is 3.22. The number of carbonyl (C=O) groups excluding carboxylic acids is 1. The van der Waals surface area contributed by atoms with E-state index < -0.39 is 0 Å². The van der Waals surface area contributed by atoms with E-state index in [1.165, 1.54) is 19.3 Å². The van der Waals surface area contributed by atoms with Crippen molar-refractivity contribution in [2.24, 2.45) is 0 Å². The van der Waals surface area contributed by atoms with Gasteiger partial charge in [-0.25, -0.2) is 0 Å². The molecule has 0 unspecified atom stereocenters. The smallest absolute Gasteiger partial charge is 0.276 e. The third kappa shape index (κ3) is 5.76. The Hall–Kier alpha value is -3.80. The Bertz CT molecular complexity index is 1200. The van der Waals surface area contributed by atoms with Crippen LogP contribution in [0.2, 0.25) is 0 Å². The highest BCUT2D eigenvalue weighted by molar-refractivity contribution is 6.11. The molecule has 6 nitrogen and oxygen atoms in total. The standard InChI is InChI=1S/C28H32N4O2/c1-3-4-10-19-31(2)23-17-15-22(16-18-23)29-28(33)27-25-13-8-9-14-26(25)32(30-27)20-21-34-24-11-6-5-7-12-24/h5-9,11-18H,3-4,10,19-21H2,1-2H3,(H,29,33). The van der Waals surface area contributed by atoms with Crippen molar-refractivity contribution in [1.29, 1.82) is 0 Å². The van der Waals surface area contributed by atoms with Crippen molar-refractivity contribution in [2.45, 2.75) is 32.7 Å². The zero-order valence-electron chi connectivity index (χ0n) is 19.9. The third-order valence-corrected chi connectivity index (χ3v) is 5.85. The van der Waals surface area contributed by atoms with E-state index in [0.717, 1.165) is 34.6 Å². The highest BCUT2D eigenvalue weighted by Gasteiger charge is 2.17. The number of fused-ring (bicyclic) bond motifs is 1. The van der Waals surface area contributed by atoms with Gasteiger partial charge in [0.15, 0.2) is 5.69 Å². The summed E-state index contributed by atoms with van der Waals surface area (Å²) < 4.78 is 7.66. The van der Waals surface area contributed by atoms with Crippen LogP contribution < -0.4 is 15.0 Å². The molecule has 4 aromatic rings. The minimum absolute atomic E-state index is 0.219. The van der Waals surface area contributed by atoms with Crippen LogP contribution in [0.4, 0.5) is 11.4 Å². The molecule has 0 atom stereocenters. The number of nitrogens with one attached hydrogen (secondary N) is 1. The zero-order chi connectivity index (χ0) is 23.8. The second-order valence-electron chi connectivity index (χ2n) is 8.38. The molecule has 3 aromatic carbocycles. The van der Waals surface area contributed by atoms with E-state index in [-0.39, 0.29) is 5.91 Å². The van der Waals surface area contributed by atoms with Crippen molar-refractivity contribution >= 4 is 28.2 Å². The summed E-state index contributed by atoms with van der Waals surface area (Å²) in [6.45, 7) is 4.24. The molecule has 0 aliphatic rings. The normalized spacial score (nSPS) is 10.9. The van der Waals surface area contributed by atoms with Crippen molar-refractivity contribution < 1.29 is 9.53 Å². The van der Waals surface area contributed by atoms with Gasteiger partial charge < -0.3 is 15.0 Å². The maximum atomic E-state index is 13.1. The number of nitrogens with zero attached hydrogens (tertiary/aromatic N) is 3. The van der Waals surface area contributed by atoms with Gasteiger partial charge in [-0.2, -0.15) is 5.10 Å². The quantitative estimate of drug-likeness (QED) is 0.282. The Morgan fingerprint density at radius 1 is 0.971 bits per heavy atom. The molecular formula is C28H32N4O2. The second kappa shape index (κ2) is 11.4. The number of anilines is 2. The fourth-order valence-electron chi connectivity index (χ4n) is 3.95. The number of para-hydroxylation sites is 2. The monoisotopic (exact) mass is 456 g/mol. The van der Waals surface area contributed by atoms with Crippen molar-refractivity contribution in [2.75, 3.05) is 30.4 Å². The molecule has 1 aromatic heterocycles. The van der Waals surface area contributed by atoms with Gasteiger partial charge in [-0.15, -0.1) is 0 Å². The van der Waals surface area contributed by atoms with Gasteiger partial charge in [0, 0.05) is 30.4 Å². The molecule has 0 aliphatic heterocycles. The van der Waals surface area contributed by atoms with Crippen molar-refractivity contribution in [3.05, 3.63) is 84.6 Å². The number of benzene rings is 3. The van der Waals surface area contributed by atoms with Crippen molar-refractivity contribution in [3.63, 3.8) is 0 Å². The number of hydrogen-bond acceptors (Lipinski definition) is 4. The molecule has 176 valence electrons. The van der Waals surface area contributed by atoms with Gasteiger partial charge in [0.25, 0.3) is 5.91 Å². The van der Waals surface area contributed by atoms with Gasteiger partial charge in [0.1, 0.15) is 12.4 Å². The summed E-state index contributed by atoms with van der Waals surface area (Å²) in [5, 5.41) is 8.45. The van der Waals surface area contributed by atoms with Crippen LogP contribution in [0.25, 0.3) is 10.9 Å². The zero-order valence-corrected chi connectivity index (χ0v) is 19.9. The lowest BCUT2D eigenvalue weighted by Gasteiger charge is -2.19. The predicted molar refractivity (Wildman–Crippen MR) is 139 cm³/mol. The van der Waals surface area contributed by atoms with Gasteiger partial charge in [-0.05, 0) is 48.9 Å². The van der Waals surface area contributed by atoms with E-state index in [9.17, 15) is 4.79 Å². The first-order valence-electron chi connectivity index (χ1n) is 11.9. The summed E-state index contributed by atoms with van der Waals surface area (Å²) in [7, 11) is 2.10. The van der Waals surface area contributed by atoms with Crippen LogP contribution in [0.3, 0.4) is 0 Å². The molecule has 0 spiro atoms. The van der Waals surface area contributed by atoms with Gasteiger partial charge in [-0.3, -0.25) is 9.48 Å². The molecule has 34 heavy (non-hydrogen) atoms. The molecule has 0 radical (unpaired) electrons. The van der Waals surface area contributed by atoms with E-state index in [4.69, 9.17) is 4.74 Å². The fourth-order valence-corrected chi connectivity index (χ4v) is 3.95. The molecule has 1 amide bonds. The fraction of sp³-hybridized carbons (Fsp3) is 0.286. The van der Waals surface area contributed by atoms with E-state index in [1.54, 1.807) is 0 Å². The highest BCUT2D eigenvalue weighted by Crippen LogP contribution is 2.22. The summed E-state index contributed by atoms with van der Waals surface area (Å²) in [4.78, 5) is 15.3. The Labute approximate surface area is 201 Å². The molecule has 0 aliphatic carbocycles. The van der Waals surface area contributed by atoms with Crippen molar-refractivity contribution in [1.82, 2.24) is 9.78 Å². The molecular weight excluding hydrogens is 424 g/mol. The van der Waals surface area contributed by atoms with Gasteiger partial charge >= 0.3 is 0 Å². The van der Waals surface area contributed by atoms with Gasteiger partial charge in [0.05, 0.1) is 12.1 Å². The SMILES string of the molecule is CCCCCN(C)c1ccc(NC(=O)c2nn(CCOc3ccccc3)c3ccccc23)cc1. The van der Waals surface area contributed by atoms with Gasteiger partial charge in [-0.1, -0.05) is 56.2 Å². The lowest BCUT2D eigenvalue weighted by atomic mass is 10.2. The van der Waals surface area contributed by atoms with E-state index in [2.05, 4.69) is 29.3 Å². The molecule has 0 fully saturated rings. The van der Waals surface area contributed by atoms with Gasteiger partial charge in [0.2, 0.25) is 0 Å². The Balaban J connectivity index is 1.43. The minimum Gasteiger partial charge on any atom is -0.492 e. The summed E-state index contributed by atoms with van der Waals surface area (Å²) in [6.07, 6.45) is 3.62. The number of amides is 1. The first-order valence-corrected chi connectivity index (χ1v) is 11.9. The molecule has 4 rings (SSSR count). The van der Waals surface area contributed by atoms with E-state index >= 15 is 0 Å². The number of rotatable bonds is 11. The van der Waals surface area contributed by atoms with Crippen LogP contribution in [-0.4, -0.2) is 35.9 Å². The minimum atomic E-state index is -0.219. The average molecular weight is 457 g/mol. The number of ether oxygens (including phenoxy) is 1. The topological polar surface area (TPSA) is 59.4 Å². The lowest BCUT2D eigenvalue weighted by Crippen LogP contribution is -2.18. The summed E-state index contributed by atoms with van der Waals surface area (Å²) in [5.74, 6) is 0.597. The van der Waals surface area contributed by atoms with Crippen LogP contribution in [-0.2, 0) is 6.54 Å². The molecule has 0 bridgehead atoms. The Morgan fingerprint density at radius 3 is 2.47 bits per heavy atom. The number of unbranched alkanes of at least 4 members (excludes halogenated alkanes) is 2.